The lowest BCUT2D eigenvalue weighted by molar-refractivity contribution is 0.0690. The van der Waals surface area contributed by atoms with E-state index in [1.807, 2.05) is 0 Å². The quantitative estimate of drug-likeness (QED) is 0.322. The van der Waals surface area contributed by atoms with Gasteiger partial charge in [0.25, 0.3) is 5.91 Å². The number of nitrogens with one attached hydrogen (secondary N) is 3. The minimum atomic E-state index is -1.14. The maximum Gasteiger partial charge on any atom is 0.353 e. The van der Waals surface area contributed by atoms with E-state index in [0.717, 1.165) is 0 Å². The first-order valence-corrected chi connectivity index (χ1v) is 9.87. The first-order chi connectivity index (χ1) is 15.8. The molecule has 0 aliphatic carbocycles. The fourth-order valence-electron chi connectivity index (χ4n) is 3.61. The molecule has 0 unspecified atom stereocenters. The van der Waals surface area contributed by atoms with E-state index in [9.17, 15) is 14.0 Å². The van der Waals surface area contributed by atoms with Crippen molar-refractivity contribution in [2.45, 2.75) is 13.0 Å². The van der Waals surface area contributed by atoms with E-state index in [0.29, 0.717) is 39.3 Å². The summed E-state index contributed by atoms with van der Waals surface area (Å²) in [5.74, 6) is -1.65. The number of benzene rings is 1. The first kappa shape index (κ1) is 20.3. The summed E-state index contributed by atoms with van der Waals surface area (Å²) in [6, 6.07) is 3.78. The van der Waals surface area contributed by atoms with Crippen LogP contribution in [0.3, 0.4) is 0 Å². The van der Waals surface area contributed by atoms with Crippen molar-refractivity contribution in [3.8, 4) is 11.4 Å². The van der Waals surface area contributed by atoms with Gasteiger partial charge in [0.1, 0.15) is 34.2 Å². The summed E-state index contributed by atoms with van der Waals surface area (Å²) in [6.45, 7) is 1.67. The van der Waals surface area contributed by atoms with Gasteiger partial charge >= 0.3 is 5.97 Å². The summed E-state index contributed by atoms with van der Waals surface area (Å²) >= 11 is 0. The monoisotopic (exact) mass is 448 g/mol. The fourth-order valence-corrected chi connectivity index (χ4v) is 3.61. The van der Waals surface area contributed by atoms with E-state index >= 15 is 0 Å². The van der Waals surface area contributed by atoms with Crippen molar-refractivity contribution in [2.75, 3.05) is 0 Å². The number of aryl methyl sites for hydroxylation is 1. The van der Waals surface area contributed by atoms with Crippen LogP contribution >= 0.6 is 0 Å². The zero-order valence-corrected chi connectivity index (χ0v) is 17.4. The standard InChI is InChI=1S/C21H17FN8O3/c1-9(18-24-8-14(28-18)21(32)33)26-20(31)12-6-23-19-17(12)27-13(7-25-19)16-11-4-3-10(22)5-15(11)30(2)29-16/h3-9H,1-2H3,(H,23,25)(H,24,28)(H,26,31)(H,32,33)/t9-/m0/s1. The summed E-state index contributed by atoms with van der Waals surface area (Å²) in [5, 5.41) is 16.9. The molecule has 0 saturated carbocycles. The van der Waals surface area contributed by atoms with Crippen molar-refractivity contribution in [3.05, 3.63) is 59.7 Å². The average Bonchev–Trinajstić information content (AvgIpc) is 3.50. The number of aromatic nitrogens is 7. The average molecular weight is 448 g/mol. The number of rotatable bonds is 5. The largest absolute Gasteiger partial charge is 0.477 e. The fraction of sp³-hybridized carbons (Fsp3) is 0.143. The molecule has 0 aliphatic heterocycles. The molecule has 1 atom stereocenters. The van der Waals surface area contributed by atoms with Gasteiger partial charge in [-0.3, -0.25) is 9.48 Å². The van der Waals surface area contributed by atoms with Crippen LogP contribution in [-0.2, 0) is 7.05 Å². The molecule has 5 aromatic rings. The highest BCUT2D eigenvalue weighted by molar-refractivity contribution is 6.05. The van der Waals surface area contributed by atoms with Crippen LogP contribution in [0.2, 0.25) is 0 Å². The number of fused-ring (bicyclic) bond motifs is 2. The lowest BCUT2D eigenvalue weighted by Gasteiger charge is -2.10. The normalized spacial score (nSPS) is 12.3. The highest BCUT2D eigenvalue weighted by Gasteiger charge is 2.21. The molecule has 1 aromatic carbocycles. The molecule has 4 N–H and O–H groups in total. The molecule has 0 spiro atoms. The first-order valence-electron chi connectivity index (χ1n) is 9.87. The van der Waals surface area contributed by atoms with Gasteiger partial charge in [0.2, 0.25) is 0 Å². The maximum atomic E-state index is 13.7. The lowest BCUT2D eigenvalue weighted by atomic mass is 10.1. The van der Waals surface area contributed by atoms with Crippen molar-refractivity contribution < 1.29 is 19.1 Å². The molecule has 0 aliphatic rings. The molecule has 12 heteroatoms. The number of aromatic amines is 2. The third-order valence-electron chi connectivity index (χ3n) is 5.27. The van der Waals surface area contributed by atoms with E-state index in [4.69, 9.17) is 5.11 Å². The number of hydrogen-bond acceptors (Lipinski definition) is 6. The minimum Gasteiger partial charge on any atom is -0.477 e. The number of aromatic carboxylic acids is 1. The van der Waals surface area contributed by atoms with Gasteiger partial charge in [-0.15, -0.1) is 0 Å². The van der Waals surface area contributed by atoms with Crippen LogP contribution in [0.25, 0.3) is 33.5 Å². The van der Waals surface area contributed by atoms with Crippen molar-refractivity contribution in [3.63, 3.8) is 0 Å². The Kier molecular flexibility index (Phi) is 4.62. The van der Waals surface area contributed by atoms with Gasteiger partial charge in [0.05, 0.1) is 29.5 Å². The highest BCUT2D eigenvalue weighted by atomic mass is 19.1. The Morgan fingerprint density at radius 2 is 2.06 bits per heavy atom. The molecule has 0 fully saturated rings. The van der Waals surface area contributed by atoms with Crippen LogP contribution < -0.4 is 5.32 Å². The molecule has 166 valence electrons. The summed E-state index contributed by atoms with van der Waals surface area (Å²) in [7, 11) is 1.71. The van der Waals surface area contributed by atoms with Gasteiger partial charge in [-0.2, -0.15) is 5.10 Å². The molecule has 0 radical (unpaired) electrons. The molecule has 4 heterocycles. The number of imidazole rings is 1. The van der Waals surface area contributed by atoms with Gasteiger partial charge in [0.15, 0.2) is 5.65 Å². The lowest BCUT2D eigenvalue weighted by Crippen LogP contribution is -2.27. The number of nitrogens with zero attached hydrogens (tertiary/aromatic N) is 5. The molecule has 33 heavy (non-hydrogen) atoms. The van der Waals surface area contributed by atoms with E-state index < -0.39 is 17.9 Å². The molecule has 0 saturated heterocycles. The van der Waals surface area contributed by atoms with Crippen molar-refractivity contribution >= 4 is 33.9 Å². The van der Waals surface area contributed by atoms with Crippen molar-refractivity contribution in [1.82, 2.24) is 40.0 Å². The minimum absolute atomic E-state index is 0.0730. The molecule has 5 rings (SSSR count). The van der Waals surface area contributed by atoms with Crippen LogP contribution in [0.5, 0.6) is 0 Å². The van der Waals surface area contributed by atoms with Gasteiger partial charge in [0, 0.05) is 18.6 Å². The van der Waals surface area contributed by atoms with E-state index in [-0.39, 0.29) is 17.1 Å². The SMILES string of the molecule is C[C@H](NC(=O)c1c[nH]c2ncc(-c3nn(C)c4cc(F)ccc34)nc12)c1ncc(C(=O)O)[nH]1. The predicted octanol–water partition coefficient (Wildman–Crippen LogP) is 2.56. The van der Waals surface area contributed by atoms with E-state index in [1.165, 1.54) is 30.7 Å². The Labute approximate surface area is 184 Å². The summed E-state index contributed by atoms with van der Waals surface area (Å²) in [5.41, 5.74) is 2.47. The second kappa shape index (κ2) is 7.51. The second-order valence-electron chi connectivity index (χ2n) is 7.47. The van der Waals surface area contributed by atoms with Gasteiger partial charge in [-0.05, 0) is 25.1 Å². The third-order valence-corrected chi connectivity index (χ3v) is 5.27. The number of hydrogen-bond donors (Lipinski definition) is 4. The molecular weight excluding hydrogens is 431 g/mol. The van der Waals surface area contributed by atoms with Crippen LogP contribution in [0.1, 0.15) is 39.6 Å². The van der Waals surface area contributed by atoms with Crippen LogP contribution in [0.4, 0.5) is 4.39 Å². The molecule has 4 aromatic heterocycles. The van der Waals surface area contributed by atoms with Crippen molar-refractivity contribution in [2.24, 2.45) is 7.05 Å². The second-order valence-corrected chi connectivity index (χ2v) is 7.47. The van der Waals surface area contributed by atoms with E-state index in [1.54, 1.807) is 24.7 Å². The third kappa shape index (κ3) is 3.46. The number of amides is 1. The number of halogens is 1. The smallest absolute Gasteiger partial charge is 0.353 e. The Balaban J connectivity index is 1.48. The van der Waals surface area contributed by atoms with Gasteiger partial charge < -0.3 is 20.4 Å². The van der Waals surface area contributed by atoms with Gasteiger partial charge in [-0.1, -0.05) is 0 Å². The van der Waals surface area contributed by atoms with E-state index in [2.05, 4.69) is 35.3 Å². The Morgan fingerprint density at radius 3 is 2.82 bits per heavy atom. The Morgan fingerprint density at radius 1 is 1.24 bits per heavy atom. The number of carbonyl (C=O) groups excluding carboxylic acids is 1. The van der Waals surface area contributed by atoms with Crippen LogP contribution in [0, 0.1) is 5.82 Å². The van der Waals surface area contributed by atoms with Crippen molar-refractivity contribution in [1.29, 1.82) is 0 Å². The summed E-state index contributed by atoms with van der Waals surface area (Å²) in [4.78, 5) is 42.5. The van der Waals surface area contributed by atoms with Crippen LogP contribution in [0.15, 0.2) is 36.8 Å². The summed E-state index contributed by atoms with van der Waals surface area (Å²) < 4.78 is 15.2. The zero-order chi connectivity index (χ0) is 23.3. The molecule has 1 amide bonds. The number of H-pyrrole nitrogens is 2. The Hall–Kier alpha value is -4.61. The highest BCUT2D eigenvalue weighted by Crippen LogP contribution is 2.28. The predicted molar refractivity (Wildman–Crippen MR) is 115 cm³/mol. The number of carboxylic acids is 1. The summed E-state index contributed by atoms with van der Waals surface area (Å²) in [6.07, 6.45) is 4.21. The zero-order valence-electron chi connectivity index (χ0n) is 17.4. The Bertz CT molecular complexity index is 1550. The molecular formula is C21H17FN8O3. The molecule has 11 nitrogen and oxygen atoms in total. The molecule has 0 bridgehead atoms. The number of carbonyl (C=O) groups is 2. The topological polar surface area (TPSA) is 154 Å². The maximum absolute atomic E-state index is 13.7. The van der Waals surface area contributed by atoms with Crippen LogP contribution in [-0.4, -0.2) is 51.7 Å². The number of carboxylic acid groups (broad SMARTS) is 1. The van der Waals surface area contributed by atoms with Gasteiger partial charge in [-0.25, -0.2) is 24.1 Å².